The zero-order valence-electron chi connectivity index (χ0n) is 12.9. The number of hydrogen-bond donors (Lipinski definition) is 0. The third-order valence-corrected chi connectivity index (χ3v) is 3.22. The van der Waals surface area contributed by atoms with Crippen LogP contribution in [0.3, 0.4) is 0 Å². The van der Waals surface area contributed by atoms with Crippen molar-refractivity contribution in [3.8, 4) is 11.5 Å². The van der Waals surface area contributed by atoms with Gasteiger partial charge in [-0.05, 0) is 17.7 Å². The molecule has 0 saturated heterocycles. The van der Waals surface area contributed by atoms with Crippen molar-refractivity contribution < 1.29 is 19.0 Å². The predicted octanol–water partition coefficient (Wildman–Crippen LogP) is 3.48. The van der Waals surface area contributed by atoms with E-state index in [0.717, 1.165) is 5.56 Å². The number of anilines is 1. The zero-order chi connectivity index (χ0) is 15.9. The Morgan fingerprint density at radius 2 is 1.73 bits per heavy atom. The van der Waals surface area contributed by atoms with Crippen LogP contribution in [0, 0.1) is 0 Å². The molecule has 0 N–H and O–H groups in total. The summed E-state index contributed by atoms with van der Waals surface area (Å²) in [4.78, 5) is 13.6. The number of hydrogen-bond acceptors (Lipinski definition) is 4. The quantitative estimate of drug-likeness (QED) is 0.848. The van der Waals surface area contributed by atoms with Crippen LogP contribution in [-0.4, -0.2) is 27.4 Å². The summed E-state index contributed by atoms with van der Waals surface area (Å²) < 4.78 is 15.9. The van der Waals surface area contributed by atoms with E-state index in [1.54, 1.807) is 32.4 Å². The highest BCUT2D eigenvalue weighted by atomic mass is 16.6. The molecule has 0 unspecified atom stereocenters. The van der Waals surface area contributed by atoms with Crippen molar-refractivity contribution in [1.82, 2.24) is 0 Å². The summed E-state index contributed by atoms with van der Waals surface area (Å²) in [6.07, 6.45) is -0.463. The van der Waals surface area contributed by atoms with Gasteiger partial charge in [0.25, 0.3) is 0 Å². The molecule has 2 rings (SSSR count). The summed E-state index contributed by atoms with van der Waals surface area (Å²) in [5.74, 6) is 1.05. The molecule has 22 heavy (non-hydrogen) atoms. The van der Waals surface area contributed by atoms with E-state index in [0.29, 0.717) is 17.2 Å². The molecule has 0 aliphatic heterocycles. The van der Waals surface area contributed by atoms with Crippen LogP contribution in [0.2, 0.25) is 0 Å². The van der Waals surface area contributed by atoms with E-state index in [4.69, 9.17) is 14.2 Å². The van der Waals surface area contributed by atoms with E-state index in [-0.39, 0.29) is 6.61 Å². The Balaban J connectivity index is 2.10. The highest BCUT2D eigenvalue weighted by Gasteiger charge is 2.19. The van der Waals surface area contributed by atoms with Crippen LogP contribution in [0.5, 0.6) is 11.5 Å². The van der Waals surface area contributed by atoms with Crippen LogP contribution in [0.15, 0.2) is 48.5 Å². The van der Waals surface area contributed by atoms with Crippen LogP contribution < -0.4 is 14.4 Å². The van der Waals surface area contributed by atoms with E-state index in [9.17, 15) is 4.79 Å². The fourth-order valence-electron chi connectivity index (χ4n) is 2.05. The van der Waals surface area contributed by atoms with Gasteiger partial charge in [0.1, 0.15) is 6.61 Å². The topological polar surface area (TPSA) is 48.0 Å². The number of nitrogens with zero attached hydrogens (tertiary/aromatic N) is 1. The van der Waals surface area contributed by atoms with Gasteiger partial charge in [-0.25, -0.2) is 4.79 Å². The van der Waals surface area contributed by atoms with Crippen molar-refractivity contribution in [2.24, 2.45) is 0 Å². The van der Waals surface area contributed by atoms with E-state index in [2.05, 4.69) is 0 Å². The lowest BCUT2D eigenvalue weighted by Crippen LogP contribution is -2.27. The number of benzene rings is 2. The molecule has 1 amide bonds. The van der Waals surface area contributed by atoms with Crippen LogP contribution in [0.1, 0.15) is 5.56 Å². The first-order valence-electron chi connectivity index (χ1n) is 6.82. The van der Waals surface area contributed by atoms with Gasteiger partial charge in [-0.1, -0.05) is 36.4 Å². The first-order chi connectivity index (χ1) is 10.7. The molecule has 0 atom stereocenters. The molecule has 5 heteroatoms. The maximum Gasteiger partial charge on any atom is 0.414 e. The largest absolute Gasteiger partial charge is 0.493 e. The summed E-state index contributed by atoms with van der Waals surface area (Å²) in [6, 6.07) is 14.8. The lowest BCUT2D eigenvalue weighted by molar-refractivity contribution is 0.148. The zero-order valence-corrected chi connectivity index (χ0v) is 12.9. The number of carbonyl (C=O) groups excluding carboxylic acids is 1. The van der Waals surface area contributed by atoms with Crippen LogP contribution in [0.25, 0.3) is 0 Å². The fourth-order valence-corrected chi connectivity index (χ4v) is 2.05. The van der Waals surface area contributed by atoms with Gasteiger partial charge in [0.2, 0.25) is 0 Å². The van der Waals surface area contributed by atoms with Crippen molar-refractivity contribution in [2.45, 2.75) is 6.61 Å². The highest BCUT2D eigenvalue weighted by Crippen LogP contribution is 2.36. The molecule has 0 aromatic heterocycles. The van der Waals surface area contributed by atoms with E-state index >= 15 is 0 Å². The summed E-state index contributed by atoms with van der Waals surface area (Å²) in [5, 5.41) is 0. The monoisotopic (exact) mass is 301 g/mol. The minimum absolute atomic E-state index is 0.219. The highest BCUT2D eigenvalue weighted by molar-refractivity contribution is 5.89. The standard InChI is InChI=1S/C17H19NO4/c1-18(14-10-7-11-15(20-2)16(14)21-3)17(19)22-12-13-8-5-4-6-9-13/h4-11H,12H2,1-3H3. The molecule has 0 heterocycles. The van der Waals surface area contributed by atoms with Crippen molar-refractivity contribution in [3.05, 3.63) is 54.1 Å². The first kappa shape index (κ1) is 15.7. The van der Waals surface area contributed by atoms with Gasteiger partial charge in [-0.15, -0.1) is 0 Å². The second-order valence-corrected chi connectivity index (χ2v) is 4.61. The summed E-state index contributed by atoms with van der Waals surface area (Å²) in [7, 11) is 4.71. The number of para-hydroxylation sites is 1. The smallest absolute Gasteiger partial charge is 0.414 e. The Hall–Kier alpha value is -2.69. The predicted molar refractivity (Wildman–Crippen MR) is 84.6 cm³/mol. The Labute approximate surface area is 130 Å². The molecular formula is C17H19NO4. The second-order valence-electron chi connectivity index (χ2n) is 4.61. The third kappa shape index (κ3) is 3.49. The molecule has 0 aliphatic carbocycles. The van der Waals surface area contributed by atoms with Gasteiger partial charge in [0.15, 0.2) is 11.5 Å². The number of methoxy groups -OCH3 is 2. The SMILES string of the molecule is COc1cccc(N(C)C(=O)OCc2ccccc2)c1OC. The summed E-state index contributed by atoms with van der Waals surface area (Å²) in [5.41, 5.74) is 1.52. The maximum absolute atomic E-state index is 12.2. The minimum atomic E-state index is -0.463. The molecule has 2 aromatic carbocycles. The van der Waals surface area contributed by atoms with Crippen molar-refractivity contribution >= 4 is 11.8 Å². The van der Waals surface area contributed by atoms with Crippen LogP contribution in [-0.2, 0) is 11.3 Å². The molecule has 0 fully saturated rings. The van der Waals surface area contributed by atoms with Gasteiger partial charge in [0, 0.05) is 7.05 Å². The van der Waals surface area contributed by atoms with E-state index in [1.807, 2.05) is 30.3 Å². The van der Waals surface area contributed by atoms with Gasteiger partial charge < -0.3 is 14.2 Å². The molecule has 5 nitrogen and oxygen atoms in total. The molecule has 2 aromatic rings. The van der Waals surface area contributed by atoms with Crippen molar-refractivity contribution in [3.63, 3.8) is 0 Å². The van der Waals surface area contributed by atoms with E-state index < -0.39 is 6.09 Å². The molecule has 0 spiro atoms. The summed E-state index contributed by atoms with van der Waals surface area (Å²) in [6.45, 7) is 0.219. The van der Waals surface area contributed by atoms with Gasteiger partial charge in [-0.2, -0.15) is 0 Å². The lowest BCUT2D eigenvalue weighted by Gasteiger charge is -2.20. The average molecular weight is 301 g/mol. The molecule has 0 saturated carbocycles. The normalized spacial score (nSPS) is 9.95. The molecule has 0 bridgehead atoms. The van der Waals surface area contributed by atoms with Crippen molar-refractivity contribution in [2.75, 3.05) is 26.2 Å². The number of amides is 1. The second kappa shape index (κ2) is 7.36. The van der Waals surface area contributed by atoms with Crippen LogP contribution in [0.4, 0.5) is 10.5 Å². The van der Waals surface area contributed by atoms with Gasteiger partial charge in [0.05, 0.1) is 19.9 Å². The first-order valence-corrected chi connectivity index (χ1v) is 6.82. The van der Waals surface area contributed by atoms with E-state index in [1.165, 1.54) is 12.0 Å². The average Bonchev–Trinajstić information content (AvgIpc) is 2.59. The van der Waals surface area contributed by atoms with Gasteiger partial charge in [-0.3, -0.25) is 4.90 Å². The minimum Gasteiger partial charge on any atom is -0.493 e. The molecule has 116 valence electrons. The molecular weight excluding hydrogens is 282 g/mol. The maximum atomic E-state index is 12.2. The number of rotatable bonds is 5. The Kier molecular flexibility index (Phi) is 5.25. The Morgan fingerprint density at radius 1 is 1.00 bits per heavy atom. The Bertz CT molecular complexity index is 628. The van der Waals surface area contributed by atoms with Crippen molar-refractivity contribution in [1.29, 1.82) is 0 Å². The molecule has 0 aliphatic rings. The number of ether oxygens (including phenoxy) is 3. The Morgan fingerprint density at radius 3 is 2.36 bits per heavy atom. The van der Waals surface area contributed by atoms with Crippen LogP contribution >= 0.6 is 0 Å². The third-order valence-electron chi connectivity index (χ3n) is 3.22. The number of carbonyl (C=O) groups is 1. The molecule has 0 radical (unpaired) electrons. The fraction of sp³-hybridized carbons (Fsp3) is 0.235. The van der Waals surface area contributed by atoms with Gasteiger partial charge >= 0.3 is 6.09 Å². The lowest BCUT2D eigenvalue weighted by atomic mass is 10.2. The summed E-state index contributed by atoms with van der Waals surface area (Å²) >= 11 is 0.